The smallest absolute Gasteiger partial charge is 0.325 e. The molecule has 0 spiro atoms. The summed E-state index contributed by atoms with van der Waals surface area (Å²) >= 11 is 0. The van der Waals surface area contributed by atoms with Gasteiger partial charge in [0.1, 0.15) is 5.54 Å². The number of esters is 1. The molecule has 0 fully saturated rings. The van der Waals surface area contributed by atoms with Gasteiger partial charge in [0.05, 0.1) is 6.61 Å². The lowest BCUT2D eigenvalue weighted by Crippen LogP contribution is -2.46. The van der Waals surface area contributed by atoms with E-state index in [0.29, 0.717) is 13.0 Å². The maximum Gasteiger partial charge on any atom is 0.325 e. The van der Waals surface area contributed by atoms with Gasteiger partial charge in [-0.15, -0.1) is 0 Å². The van der Waals surface area contributed by atoms with Gasteiger partial charge in [-0.1, -0.05) is 0 Å². The molecule has 0 radical (unpaired) electrons. The summed E-state index contributed by atoms with van der Waals surface area (Å²) in [5, 5.41) is 0. The van der Waals surface area contributed by atoms with Crippen molar-refractivity contribution in [2.45, 2.75) is 38.6 Å². The average molecular weight is 216 g/mol. The lowest BCUT2D eigenvalue weighted by Gasteiger charge is -2.22. The maximum atomic E-state index is 11.4. The third-order valence-electron chi connectivity index (χ3n) is 2.29. The molecule has 90 valence electrons. The molecule has 1 unspecified atom stereocenters. The van der Waals surface area contributed by atoms with Crippen LogP contribution < -0.4 is 5.73 Å². The van der Waals surface area contributed by atoms with Crippen LogP contribution in [0.15, 0.2) is 0 Å². The van der Waals surface area contributed by atoms with Gasteiger partial charge in [-0.3, -0.25) is 4.79 Å². The van der Waals surface area contributed by atoms with Crippen molar-refractivity contribution in [1.29, 1.82) is 0 Å². The van der Waals surface area contributed by atoms with Crippen LogP contribution in [0.5, 0.6) is 0 Å². The van der Waals surface area contributed by atoms with E-state index < -0.39 is 5.54 Å². The van der Waals surface area contributed by atoms with Crippen LogP contribution in [0.1, 0.15) is 33.1 Å². The van der Waals surface area contributed by atoms with Crippen molar-refractivity contribution in [3.63, 3.8) is 0 Å². The van der Waals surface area contributed by atoms with Crippen LogP contribution in [0, 0.1) is 0 Å². The molecule has 0 rings (SSSR count). The van der Waals surface area contributed by atoms with Gasteiger partial charge in [0.15, 0.2) is 0 Å². The van der Waals surface area contributed by atoms with Gasteiger partial charge in [-0.05, 0) is 53.8 Å². The van der Waals surface area contributed by atoms with E-state index in [1.165, 1.54) is 0 Å². The first kappa shape index (κ1) is 14.4. The highest BCUT2D eigenvalue weighted by atomic mass is 16.5. The summed E-state index contributed by atoms with van der Waals surface area (Å²) in [5.41, 5.74) is 5.04. The fourth-order valence-electron chi connectivity index (χ4n) is 1.32. The molecule has 0 aromatic rings. The average Bonchev–Trinajstić information content (AvgIpc) is 2.12. The van der Waals surface area contributed by atoms with Gasteiger partial charge in [0.2, 0.25) is 0 Å². The first-order valence-electron chi connectivity index (χ1n) is 5.51. The second-order valence-electron chi connectivity index (χ2n) is 4.40. The molecule has 1 atom stereocenters. The Kier molecular flexibility index (Phi) is 6.52. The van der Waals surface area contributed by atoms with Gasteiger partial charge >= 0.3 is 5.97 Å². The van der Waals surface area contributed by atoms with Crippen molar-refractivity contribution in [3.8, 4) is 0 Å². The summed E-state index contributed by atoms with van der Waals surface area (Å²) in [6, 6.07) is 0. The molecule has 0 saturated carbocycles. The highest BCUT2D eigenvalue weighted by molar-refractivity contribution is 5.79. The Labute approximate surface area is 92.8 Å². The van der Waals surface area contributed by atoms with E-state index in [-0.39, 0.29) is 5.97 Å². The number of rotatable bonds is 7. The van der Waals surface area contributed by atoms with Crippen molar-refractivity contribution in [1.82, 2.24) is 4.90 Å². The Morgan fingerprint density at radius 3 is 2.47 bits per heavy atom. The van der Waals surface area contributed by atoms with Gasteiger partial charge in [-0.25, -0.2) is 0 Å². The van der Waals surface area contributed by atoms with Gasteiger partial charge in [0.25, 0.3) is 0 Å². The zero-order chi connectivity index (χ0) is 11.9. The van der Waals surface area contributed by atoms with E-state index in [0.717, 1.165) is 19.4 Å². The van der Waals surface area contributed by atoms with E-state index in [4.69, 9.17) is 10.5 Å². The van der Waals surface area contributed by atoms with Crippen LogP contribution in [0.2, 0.25) is 0 Å². The molecule has 15 heavy (non-hydrogen) atoms. The molecular weight excluding hydrogens is 192 g/mol. The van der Waals surface area contributed by atoms with Crippen LogP contribution in [-0.4, -0.2) is 43.7 Å². The third kappa shape index (κ3) is 6.47. The Balaban J connectivity index is 3.78. The first-order valence-corrected chi connectivity index (χ1v) is 5.51. The molecule has 0 amide bonds. The standard InChI is InChI=1S/C11H24N2O2/c1-5-15-10(14)11(2,12)8-6-7-9-13(3)4/h5-9,12H2,1-4H3. The molecule has 0 aliphatic rings. The number of carbonyl (C=O) groups excluding carboxylic acids is 1. The Morgan fingerprint density at radius 1 is 1.40 bits per heavy atom. The van der Waals surface area contributed by atoms with Crippen molar-refractivity contribution in [2.24, 2.45) is 5.73 Å². The predicted octanol–water partition coefficient (Wildman–Crippen LogP) is 0.999. The van der Waals surface area contributed by atoms with Crippen molar-refractivity contribution in [2.75, 3.05) is 27.2 Å². The van der Waals surface area contributed by atoms with Crippen LogP contribution in [0.4, 0.5) is 0 Å². The Morgan fingerprint density at radius 2 is 2.00 bits per heavy atom. The summed E-state index contributed by atoms with van der Waals surface area (Å²) in [4.78, 5) is 13.6. The lowest BCUT2D eigenvalue weighted by atomic mass is 9.96. The van der Waals surface area contributed by atoms with Crippen molar-refractivity contribution < 1.29 is 9.53 Å². The summed E-state index contributed by atoms with van der Waals surface area (Å²) in [5.74, 6) is -0.296. The van der Waals surface area contributed by atoms with Crippen LogP contribution >= 0.6 is 0 Å². The molecule has 4 heteroatoms. The van der Waals surface area contributed by atoms with Crippen molar-refractivity contribution >= 4 is 5.97 Å². The molecular formula is C11H24N2O2. The number of ether oxygens (including phenoxy) is 1. The van der Waals surface area contributed by atoms with Gasteiger partial charge < -0.3 is 15.4 Å². The number of carbonyl (C=O) groups is 1. The minimum Gasteiger partial charge on any atom is -0.465 e. The summed E-state index contributed by atoms with van der Waals surface area (Å²) in [7, 11) is 4.07. The molecule has 2 N–H and O–H groups in total. The van der Waals surface area contributed by atoms with Gasteiger partial charge in [-0.2, -0.15) is 0 Å². The third-order valence-corrected chi connectivity index (χ3v) is 2.29. The number of unbranched alkanes of at least 4 members (excludes halogenated alkanes) is 1. The normalized spacial score (nSPS) is 15.1. The van der Waals surface area contributed by atoms with E-state index in [9.17, 15) is 4.79 Å². The SMILES string of the molecule is CCOC(=O)C(C)(N)CCCCN(C)C. The number of hydrogen-bond acceptors (Lipinski definition) is 4. The Hall–Kier alpha value is -0.610. The van der Waals surface area contributed by atoms with Crippen LogP contribution in [-0.2, 0) is 9.53 Å². The zero-order valence-electron chi connectivity index (χ0n) is 10.4. The molecule has 0 saturated heterocycles. The minimum atomic E-state index is -0.831. The fourth-order valence-corrected chi connectivity index (χ4v) is 1.32. The number of nitrogens with zero attached hydrogens (tertiary/aromatic N) is 1. The molecule has 0 heterocycles. The largest absolute Gasteiger partial charge is 0.465 e. The number of nitrogens with two attached hydrogens (primary N) is 1. The van der Waals surface area contributed by atoms with E-state index in [1.807, 2.05) is 14.1 Å². The topological polar surface area (TPSA) is 55.6 Å². The van der Waals surface area contributed by atoms with Crippen LogP contribution in [0.3, 0.4) is 0 Å². The highest BCUT2D eigenvalue weighted by Gasteiger charge is 2.28. The van der Waals surface area contributed by atoms with E-state index in [1.54, 1.807) is 13.8 Å². The molecule has 0 bridgehead atoms. The summed E-state index contributed by atoms with van der Waals surface area (Å²) < 4.78 is 4.91. The monoisotopic (exact) mass is 216 g/mol. The molecule has 0 aromatic heterocycles. The lowest BCUT2D eigenvalue weighted by molar-refractivity contribution is -0.149. The fraction of sp³-hybridized carbons (Fsp3) is 0.909. The maximum absolute atomic E-state index is 11.4. The predicted molar refractivity (Wildman–Crippen MR) is 61.6 cm³/mol. The van der Waals surface area contributed by atoms with Crippen molar-refractivity contribution in [3.05, 3.63) is 0 Å². The van der Waals surface area contributed by atoms with Crippen LogP contribution in [0.25, 0.3) is 0 Å². The first-order chi connectivity index (χ1) is 6.90. The van der Waals surface area contributed by atoms with Gasteiger partial charge in [0, 0.05) is 0 Å². The summed E-state index contributed by atoms with van der Waals surface area (Å²) in [6.07, 6.45) is 2.68. The van der Waals surface area contributed by atoms with E-state index in [2.05, 4.69) is 4.90 Å². The number of hydrogen-bond donors (Lipinski definition) is 1. The molecule has 0 aliphatic carbocycles. The second kappa shape index (κ2) is 6.80. The highest BCUT2D eigenvalue weighted by Crippen LogP contribution is 2.12. The zero-order valence-corrected chi connectivity index (χ0v) is 10.4. The molecule has 0 aliphatic heterocycles. The molecule has 4 nitrogen and oxygen atoms in total. The summed E-state index contributed by atoms with van der Waals surface area (Å²) in [6.45, 7) is 4.95. The Bertz CT molecular complexity index is 191. The second-order valence-corrected chi connectivity index (χ2v) is 4.40. The quantitative estimate of drug-likeness (QED) is 0.509. The molecule has 0 aromatic carbocycles. The van der Waals surface area contributed by atoms with E-state index >= 15 is 0 Å². The minimum absolute atomic E-state index is 0.296.